The van der Waals surface area contributed by atoms with Gasteiger partial charge in [-0.2, -0.15) is 0 Å². The summed E-state index contributed by atoms with van der Waals surface area (Å²) in [6.07, 6.45) is 0.0301. The first kappa shape index (κ1) is 23.6. The fraction of sp³-hybridized carbons (Fsp3) is 0.333. The number of carbonyl (C=O) groups excluding carboxylic acids is 1. The van der Waals surface area contributed by atoms with Gasteiger partial charge in [-0.05, 0) is 11.6 Å². The highest BCUT2D eigenvalue weighted by atomic mass is 16.8. The highest BCUT2D eigenvalue weighted by Gasteiger charge is 2.50. The summed E-state index contributed by atoms with van der Waals surface area (Å²) in [6.45, 7) is -0.235. The molecule has 2 aromatic carbocycles. The van der Waals surface area contributed by atoms with Gasteiger partial charge in [0.2, 0.25) is 0 Å². The summed E-state index contributed by atoms with van der Waals surface area (Å²) in [4.78, 5) is 16.2. The number of aliphatic hydroxyl groups is 1. The van der Waals surface area contributed by atoms with Gasteiger partial charge in [0.25, 0.3) is 0 Å². The summed E-state index contributed by atoms with van der Waals surface area (Å²) in [5.74, 6) is -0.459. The summed E-state index contributed by atoms with van der Waals surface area (Å²) in [5.41, 5.74) is 2.83. The molecule has 0 aliphatic carbocycles. The Hall–Kier alpha value is -3.14. The van der Waals surface area contributed by atoms with Crippen molar-refractivity contribution in [2.24, 2.45) is 0 Å². The summed E-state index contributed by atoms with van der Waals surface area (Å²) in [7, 11) is 1.33. The molecular formula is C27H27NO7. The van der Waals surface area contributed by atoms with Crippen molar-refractivity contribution in [2.45, 2.75) is 43.4 Å². The van der Waals surface area contributed by atoms with E-state index in [1.165, 1.54) is 13.3 Å². The van der Waals surface area contributed by atoms with Gasteiger partial charge in [0.05, 0.1) is 25.4 Å². The number of nitrogens with zero attached hydrogens (tertiary/aromatic N) is 1. The predicted molar refractivity (Wildman–Crippen MR) is 124 cm³/mol. The van der Waals surface area contributed by atoms with E-state index in [-0.39, 0.29) is 6.61 Å². The van der Waals surface area contributed by atoms with Crippen LogP contribution in [0.5, 0.6) is 0 Å². The first-order valence-electron chi connectivity index (χ1n) is 11.5. The molecule has 3 heterocycles. The molecule has 2 saturated heterocycles. The average molecular weight is 478 g/mol. The molecule has 1 aromatic heterocycles. The Balaban J connectivity index is 1.47. The number of benzene rings is 2. The summed E-state index contributed by atoms with van der Waals surface area (Å²) < 4.78 is 30.0. The largest absolute Gasteiger partial charge is 0.465 e. The molecule has 6 atom stereocenters. The molecule has 0 radical (unpaired) electrons. The highest BCUT2D eigenvalue weighted by Crippen LogP contribution is 2.41. The van der Waals surface area contributed by atoms with Gasteiger partial charge >= 0.3 is 5.97 Å². The predicted octanol–water partition coefficient (Wildman–Crippen LogP) is 3.37. The first-order valence-corrected chi connectivity index (χ1v) is 11.5. The molecule has 0 spiro atoms. The molecular weight excluding hydrogens is 450 g/mol. The molecule has 0 saturated carbocycles. The van der Waals surface area contributed by atoms with Gasteiger partial charge in [0, 0.05) is 29.9 Å². The number of aromatic nitrogens is 1. The van der Waals surface area contributed by atoms with Gasteiger partial charge in [-0.25, -0.2) is 4.79 Å². The molecule has 2 unspecified atom stereocenters. The smallest absolute Gasteiger partial charge is 0.339 e. The van der Waals surface area contributed by atoms with E-state index in [0.717, 1.165) is 16.7 Å². The molecule has 8 heteroatoms. The van der Waals surface area contributed by atoms with E-state index < -0.39 is 43.0 Å². The zero-order chi connectivity index (χ0) is 24.2. The second-order valence-corrected chi connectivity index (χ2v) is 8.50. The van der Waals surface area contributed by atoms with Crippen LogP contribution in [-0.4, -0.2) is 54.2 Å². The van der Waals surface area contributed by atoms with Crippen LogP contribution in [0.15, 0.2) is 79.1 Å². The number of methoxy groups -OCH3 is 1. The molecule has 1 N–H and O–H groups in total. The summed E-state index contributed by atoms with van der Waals surface area (Å²) in [5, 5.41) is 10.2. The van der Waals surface area contributed by atoms with E-state index in [0.29, 0.717) is 12.0 Å². The molecule has 0 bridgehead atoms. The minimum atomic E-state index is -0.683. The number of hydrogen-bond donors (Lipinski definition) is 1. The second-order valence-electron chi connectivity index (χ2n) is 8.50. The average Bonchev–Trinajstić information content (AvgIpc) is 2.93. The van der Waals surface area contributed by atoms with E-state index in [1.54, 1.807) is 12.3 Å². The van der Waals surface area contributed by atoms with E-state index >= 15 is 0 Å². The molecule has 3 aromatic rings. The number of hydrogen-bond acceptors (Lipinski definition) is 8. The quantitative estimate of drug-likeness (QED) is 0.540. The molecule has 0 amide bonds. The fourth-order valence-corrected chi connectivity index (χ4v) is 4.48. The van der Waals surface area contributed by atoms with Crippen LogP contribution in [0.3, 0.4) is 0 Å². The highest BCUT2D eigenvalue weighted by molar-refractivity contribution is 5.89. The summed E-state index contributed by atoms with van der Waals surface area (Å²) >= 11 is 0. The van der Waals surface area contributed by atoms with Crippen LogP contribution in [0.2, 0.25) is 0 Å². The number of pyridine rings is 1. The molecule has 5 rings (SSSR count). The van der Waals surface area contributed by atoms with Crippen LogP contribution in [0.25, 0.3) is 0 Å². The SMILES string of the molecule is COC(=O)c1cncc(C[C@H]2OC(c3ccccc3)O[C@H]3[C@H]2OC(c2ccccc2)O[C@@H]3CO)c1. The topological polar surface area (TPSA) is 96.3 Å². The van der Waals surface area contributed by atoms with Gasteiger partial charge in [-0.3, -0.25) is 4.98 Å². The lowest BCUT2D eigenvalue weighted by atomic mass is 9.94. The monoisotopic (exact) mass is 477 g/mol. The number of carbonyl (C=O) groups is 1. The van der Waals surface area contributed by atoms with Crippen molar-refractivity contribution in [3.63, 3.8) is 0 Å². The Bertz CT molecular complexity index is 1130. The maximum absolute atomic E-state index is 12.0. The Morgan fingerprint density at radius 3 is 2.00 bits per heavy atom. The number of fused-ring (bicyclic) bond motifs is 1. The third-order valence-corrected chi connectivity index (χ3v) is 6.19. The van der Waals surface area contributed by atoms with E-state index in [9.17, 15) is 9.90 Å². The molecule has 8 nitrogen and oxygen atoms in total. The van der Waals surface area contributed by atoms with Gasteiger partial charge in [-0.15, -0.1) is 0 Å². The van der Waals surface area contributed by atoms with Crippen molar-refractivity contribution in [1.82, 2.24) is 4.98 Å². The Morgan fingerprint density at radius 1 is 0.857 bits per heavy atom. The number of rotatable bonds is 6. The maximum Gasteiger partial charge on any atom is 0.339 e. The van der Waals surface area contributed by atoms with Crippen LogP contribution in [0, 0.1) is 0 Å². The Morgan fingerprint density at radius 2 is 1.43 bits per heavy atom. The zero-order valence-corrected chi connectivity index (χ0v) is 19.2. The number of ether oxygens (including phenoxy) is 5. The molecule has 2 aliphatic rings. The lowest BCUT2D eigenvalue weighted by Gasteiger charge is -2.49. The van der Waals surface area contributed by atoms with Crippen molar-refractivity contribution in [3.8, 4) is 0 Å². The van der Waals surface area contributed by atoms with Crippen molar-refractivity contribution < 1.29 is 33.6 Å². The van der Waals surface area contributed by atoms with Crippen LogP contribution < -0.4 is 0 Å². The first-order chi connectivity index (χ1) is 17.2. The van der Waals surface area contributed by atoms with E-state index in [4.69, 9.17) is 23.7 Å². The van der Waals surface area contributed by atoms with Crippen molar-refractivity contribution in [1.29, 1.82) is 0 Å². The van der Waals surface area contributed by atoms with Crippen molar-refractivity contribution in [2.75, 3.05) is 13.7 Å². The van der Waals surface area contributed by atoms with Gasteiger partial charge in [0.1, 0.15) is 18.3 Å². The Labute approximate surface area is 203 Å². The number of esters is 1. The van der Waals surface area contributed by atoms with Gasteiger partial charge < -0.3 is 28.8 Å². The summed E-state index contributed by atoms with van der Waals surface area (Å²) in [6, 6.07) is 20.9. The standard InChI is InChI=1S/C27H27NO7/c1-31-25(30)20-12-17(14-28-15-20)13-21-23-24(35-26(32-21)18-8-4-2-5-9-18)22(16-29)33-27(34-23)19-10-6-3-7-11-19/h2-12,14-15,21-24,26-27,29H,13,16H2,1H3/t21-,22-,23+,24-,26?,27?/m1/s1. The maximum atomic E-state index is 12.0. The lowest BCUT2D eigenvalue weighted by molar-refractivity contribution is -0.384. The van der Waals surface area contributed by atoms with Gasteiger partial charge in [-0.1, -0.05) is 60.7 Å². The third-order valence-electron chi connectivity index (χ3n) is 6.19. The van der Waals surface area contributed by atoms with Crippen LogP contribution >= 0.6 is 0 Å². The van der Waals surface area contributed by atoms with Crippen LogP contribution in [-0.2, 0) is 30.1 Å². The van der Waals surface area contributed by atoms with E-state index in [2.05, 4.69) is 4.98 Å². The minimum absolute atomic E-state index is 0.235. The van der Waals surface area contributed by atoms with Gasteiger partial charge in [0.15, 0.2) is 12.6 Å². The fourth-order valence-electron chi connectivity index (χ4n) is 4.48. The minimum Gasteiger partial charge on any atom is -0.465 e. The van der Waals surface area contributed by atoms with Crippen molar-refractivity contribution in [3.05, 3.63) is 101 Å². The molecule has 182 valence electrons. The molecule has 2 fully saturated rings. The van der Waals surface area contributed by atoms with E-state index in [1.807, 2.05) is 60.7 Å². The normalized spacial score (nSPS) is 28.2. The van der Waals surface area contributed by atoms with Crippen LogP contribution in [0.4, 0.5) is 0 Å². The number of aliphatic hydroxyl groups excluding tert-OH is 1. The lowest BCUT2D eigenvalue weighted by Crippen LogP contribution is -2.59. The molecule has 2 aliphatic heterocycles. The molecule has 35 heavy (non-hydrogen) atoms. The third kappa shape index (κ3) is 5.12. The Kier molecular flexibility index (Phi) is 7.17. The second kappa shape index (κ2) is 10.6. The zero-order valence-electron chi connectivity index (χ0n) is 19.2. The van der Waals surface area contributed by atoms with Crippen LogP contribution in [0.1, 0.15) is 39.6 Å². The van der Waals surface area contributed by atoms with Crippen molar-refractivity contribution >= 4 is 5.97 Å².